The third kappa shape index (κ3) is 2.81. The maximum Gasteiger partial charge on any atom is 0.276 e. The molecule has 1 amide bonds. The van der Waals surface area contributed by atoms with Crippen LogP contribution in [0.5, 0.6) is 0 Å². The van der Waals surface area contributed by atoms with Crippen molar-refractivity contribution in [2.24, 2.45) is 0 Å². The van der Waals surface area contributed by atoms with E-state index in [-0.39, 0.29) is 22.8 Å². The Morgan fingerprint density at radius 1 is 1.32 bits per heavy atom. The number of rotatable bonds is 2. The molecule has 19 heavy (non-hydrogen) atoms. The highest BCUT2D eigenvalue weighted by atomic mass is 19.1. The van der Waals surface area contributed by atoms with Crippen molar-refractivity contribution in [3.05, 3.63) is 47.4 Å². The van der Waals surface area contributed by atoms with E-state index < -0.39 is 11.7 Å². The van der Waals surface area contributed by atoms with Crippen LogP contribution in [0.2, 0.25) is 0 Å². The Morgan fingerprint density at radius 2 is 2.11 bits per heavy atom. The van der Waals surface area contributed by atoms with Gasteiger partial charge in [-0.1, -0.05) is 0 Å². The Morgan fingerprint density at radius 3 is 2.74 bits per heavy atom. The first-order valence-electron chi connectivity index (χ1n) is 5.20. The van der Waals surface area contributed by atoms with E-state index in [2.05, 4.69) is 15.5 Å². The second-order valence-corrected chi connectivity index (χ2v) is 3.60. The number of halogens is 1. The van der Waals surface area contributed by atoms with Crippen LogP contribution in [0.1, 0.15) is 16.1 Å². The first-order chi connectivity index (χ1) is 9.10. The zero-order valence-electron chi connectivity index (χ0n) is 9.59. The topological polar surface area (TPSA) is 105 Å². The Bertz CT molecular complexity index is 663. The highest BCUT2D eigenvalue weighted by Crippen LogP contribution is 2.16. The minimum absolute atomic E-state index is 0.0248. The second kappa shape index (κ2) is 5.10. The molecule has 0 fully saturated rings. The van der Waals surface area contributed by atoms with Crippen molar-refractivity contribution in [1.82, 2.24) is 10.2 Å². The van der Waals surface area contributed by atoms with Crippen LogP contribution in [-0.4, -0.2) is 16.1 Å². The molecular weight excluding hydrogens is 249 g/mol. The predicted octanol–water partition coefficient (Wildman–Crippen LogP) is 1.32. The molecule has 2 aromatic rings. The molecule has 1 aromatic carbocycles. The Balaban J connectivity index is 2.24. The molecular formula is C12H8FN5O. The van der Waals surface area contributed by atoms with Gasteiger partial charge in [0.05, 0.1) is 11.3 Å². The molecule has 94 valence electrons. The van der Waals surface area contributed by atoms with Crippen LogP contribution in [0, 0.1) is 17.1 Å². The van der Waals surface area contributed by atoms with E-state index in [4.69, 9.17) is 11.0 Å². The molecule has 7 heteroatoms. The van der Waals surface area contributed by atoms with E-state index in [0.717, 1.165) is 12.1 Å². The van der Waals surface area contributed by atoms with Crippen LogP contribution in [0.3, 0.4) is 0 Å². The smallest absolute Gasteiger partial charge is 0.276 e. The van der Waals surface area contributed by atoms with Crippen LogP contribution in [0.15, 0.2) is 30.3 Å². The molecule has 0 aliphatic rings. The largest absolute Gasteiger partial charge is 0.382 e. The summed E-state index contributed by atoms with van der Waals surface area (Å²) in [6.07, 6.45) is 0. The van der Waals surface area contributed by atoms with Crippen molar-refractivity contribution >= 4 is 17.4 Å². The molecule has 0 saturated heterocycles. The average Bonchev–Trinajstić information content (AvgIpc) is 2.41. The van der Waals surface area contributed by atoms with Gasteiger partial charge in [0.2, 0.25) is 0 Å². The molecule has 1 heterocycles. The summed E-state index contributed by atoms with van der Waals surface area (Å²) in [5.74, 6) is -0.923. The van der Waals surface area contributed by atoms with Gasteiger partial charge in [-0.25, -0.2) is 4.39 Å². The number of nitrogen functional groups attached to an aromatic ring is 1. The summed E-state index contributed by atoms with van der Waals surface area (Å²) in [4.78, 5) is 11.8. The van der Waals surface area contributed by atoms with E-state index in [1.807, 2.05) is 0 Å². The lowest BCUT2D eigenvalue weighted by molar-refractivity contribution is 0.102. The maximum atomic E-state index is 12.9. The SMILES string of the molecule is N#Cc1cc(F)ccc1NC(=O)c1ccc(N)nn1. The fraction of sp³-hybridized carbons (Fsp3) is 0. The molecule has 0 atom stereocenters. The van der Waals surface area contributed by atoms with Gasteiger partial charge in [-0.05, 0) is 30.3 Å². The predicted molar refractivity (Wildman–Crippen MR) is 65.5 cm³/mol. The summed E-state index contributed by atoms with van der Waals surface area (Å²) in [7, 11) is 0. The number of aromatic nitrogens is 2. The Kier molecular flexibility index (Phi) is 3.34. The van der Waals surface area contributed by atoms with Crippen LogP contribution in [-0.2, 0) is 0 Å². The van der Waals surface area contributed by atoms with Gasteiger partial charge >= 0.3 is 0 Å². The average molecular weight is 257 g/mol. The van der Waals surface area contributed by atoms with Crippen molar-refractivity contribution in [3.63, 3.8) is 0 Å². The summed E-state index contributed by atoms with van der Waals surface area (Å²) < 4.78 is 12.9. The van der Waals surface area contributed by atoms with Gasteiger partial charge in [-0.15, -0.1) is 10.2 Å². The quantitative estimate of drug-likeness (QED) is 0.844. The van der Waals surface area contributed by atoms with E-state index >= 15 is 0 Å². The Labute approximate surface area is 107 Å². The van der Waals surface area contributed by atoms with E-state index in [1.54, 1.807) is 6.07 Å². The fourth-order valence-electron chi connectivity index (χ4n) is 1.37. The highest BCUT2D eigenvalue weighted by molar-refractivity contribution is 6.03. The van der Waals surface area contributed by atoms with Crippen LogP contribution >= 0.6 is 0 Å². The van der Waals surface area contributed by atoms with Gasteiger partial charge in [0, 0.05) is 0 Å². The number of amides is 1. The summed E-state index contributed by atoms with van der Waals surface area (Å²) in [5.41, 5.74) is 5.62. The number of nitriles is 1. The number of nitrogens with zero attached hydrogens (tertiary/aromatic N) is 3. The van der Waals surface area contributed by atoms with Crippen LogP contribution < -0.4 is 11.1 Å². The van der Waals surface area contributed by atoms with Crippen molar-refractivity contribution in [3.8, 4) is 6.07 Å². The lowest BCUT2D eigenvalue weighted by atomic mass is 10.2. The summed E-state index contributed by atoms with van der Waals surface area (Å²) in [6, 6.07) is 8.09. The fourth-order valence-corrected chi connectivity index (χ4v) is 1.37. The third-order valence-corrected chi connectivity index (χ3v) is 2.27. The lowest BCUT2D eigenvalue weighted by Gasteiger charge is -2.06. The zero-order valence-corrected chi connectivity index (χ0v) is 9.59. The van der Waals surface area contributed by atoms with E-state index in [9.17, 15) is 9.18 Å². The Hall–Kier alpha value is -3.01. The van der Waals surface area contributed by atoms with Crippen molar-refractivity contribution in [1.29, 1.82) is 5.26 Å². The number of nitrogens with two attached hydrogens (primary N) is 1. The first-order valence-corrected chi connectivity index (χ1v) is 5.20. The van der Waals surface area contributed by atoms with E-state index in [1.165, 1.54) is 18.2 Å². The standard InChI is InChI=1S/C12H8FN5O/c13-8-1-2-9(7(5-8)6-14)16-12(19)10-3-4-11(15)18-17-10/h1-5H,(H2,15,18)(H,16,19). The summed E-state index contributed by atoms with van der Waals surface area (Å²) in [6.45, 7) is 0. The number of benzene rings is 1. The first kappa shape index (κ1) is 12.4. The molecule has 2 rings (SSSR count). The molecule has 0 unspecified atom stereocenters. The van der Waals surface area contributed by atoms with Gasteiger partial charge in [0.15, 0.2) is 5.69 Å². The monoisotopic (exact) mass is 257 g/mol. The van der Waals surface area contributed by atoms with Crippen molar-refractivity contribution in [2.45, 2.75) is 0 Å². The normalized spacial score (nSPS) is 9.68. The highest BCUT2D eigenvalue weighted by Gasteiger charge is 2.11. The molecule has 0 aliphatic heterocycles. The summed E-state index contributed by atoms with van der Waals surface area (Å²) in [5, 5.41) is 18.4. The number of carbonyl (C=O) groups is 1. The number of carbonyl (C=O) groups excluding carboxylic acids is 1. The summed E-state index contributed by atoms with van der Waals surface area (Å²) >= 11 is 0. The molecule has 3 N–H and O–H groups in total. The van der Waals surface area contributed by atoms with Gasteiger partial charge in [-0.2, -0.15) is 5.26 Å². The van der Waals surface area contributed by atoms with Gasteiger partial charge < -0.3 is 11.1 Å². The molecule has 0 bridgehead atoms. The molecule has 1 aromatic heterocycles. The van der Waals surface area contributed by atoms with Crippen LogP contribution in [0.4, 0.5) is 15.9 Å². The maximum absolute atomic E-state index is 12.9. The number of hydrogen-bond acceptors (Lipinski definition) is 5. The minimum atomic E-state index is -0.560. The van der Waals surface area contributed by atoms with Gasteiger partial charge in [-0.3, -0.25) is 4.79 Å². The van der Waals surface area contributed by atoms with Crippen molar-refractivity contribution < 1.29 is 9.18 Å². The second-order valence-electron chi connectivity index (χ2n) is 3.60. The number of hydrogen-bond donors (Lipinski definition) is 2. The van der Waals surface area contributed by atoms with Gasteiger partial charge in [0.25, 0.3) is 5.91 Å². The van der Waals surface area contributed by atoms with Crippen molar-refractivity contribution in [2.75, 3.05) is 11.1 Å². The number of anilines is 2. The zero-order chi connectivity index (χ0) is 13.8. The van der Waals surface area contributed by atoms with Crippen LogP contribution in [0.25, 0.3) is 0 Å². The molecule has 0 aliphatic carbocycles. The molecule has 0 saturated carbocycles. The minimum Gasteiger partial charge on any atom is -0.382 e. The third-order valence-electron chi connectivity index (χ3n) is 2.27. The molecule has 0 spiro atoms. The molecule has 6 nitrogen and oxygen atoms in total. The van der Waals surface area contributed by atoms with Gasteiger partial charge in [0.1, 0.15) is 17.7 Å². The number of nitrogens with one attached hydrogen (secondary N) is 1. The molecule has 0 radical (unpaired) electrons. The van der Waals surface area contributed by atoms with E-state index in [0.29, 0.717) is 0 Å². The lowest BCUT2D eigenvalue weighted by Crippen LogP contribution is -2.15.